The molecule has 0 fully saturated rings. The monoisotopic (exact) mass is 281 g/mol. The zero-order valence-electron chi connectivity index (χ0n) is 11.5. The summed E-state index contributed by atoms with van der Waals surface area (Å²) in [5.74, 6) is 1.38. The summed E-state index contributed by atoms with van der Waals surface area (Å²) in [5.41, 5.74) is 8.23. The van der Waals surface area contributed by atoms with Crippen LogP contribution in [0, 0.1) is 5.92 Å². The lowest BCUT2D eigenvalue weighted by Crippen LogP contribution is -2.16. The quantitative estimate of drug-likeness (QED) is 0.933. The Labute approximate surface area is 119 Å². The Morgan fingerprint density at radius 1 is 1.21 bits per heavy atom. The van der Waals surface area contributed by atoms with Gasteiger partial charge in [-0.05, 0) is 17.9 Å². The van der Waals surface area contributed by atoms with E-state index in [1.54, 1.807) is 0 Å². The van der Waals surface area contributed by atoms with Gasteiger partial charge >= 0.3 is 0 Å². The summed E-state index contributed by atoms with van der Waals surface area (Å²) in [6, 6.07) is 7.96. The van der Waals surface area contributed by atoms with Crippen molar-refractivity contribution in [3.05, 3.63) is 35.7 Å². The summed E-state index contributed by atoms with van der Waals surface area (Å²) < 4.78 is 5.21. The maximum absolute atomic E-state index is 5.98. The van der Waals surface area contributed by atoms with Crippen molar-refractivity contribution >= 4 is 12.4 Å². The van der Waals surface area contributed by atoms with Crippen LogP contribution in [0.25, 0.3) is 11.4 Å². The molecule has 5 heteroatoms. The number of nitrogens with zero attached hydrogens (tertiary/aromatic N) is 2. The number of halogens is 1. The van der Waals surface area contributed by atoms with E-state index in [0.717, 1.165) is 12.0 Å². The Bertz CT molecular complexity index is 508. The van der Waals surface area contributed by atoms with Crippen LogP contribution in [0.5, 0.6) is 0 Å². The first-order valence-corrected chi connectivity index (χ1v) is 6.30. The molecular weight excluding hydrogens is 262 g/mol. The predicted octanol–water partition coefficient (Wildman–Crippen LogP) is 3.38. The van der Waals surface area contributed by atoms with Crippen LogP contribution in [-0.4, -0.2) is 10.1 Å². The lowest BCUT2D eigenvalue weighted by Gasteiger charge is -2.09. The standard InChI is InChI=1S/C14H19N3O.ClH/c1-4-10-5-7-11(8-6-10)13-16-14(18-17-13)12(15)9(2)3;/h5-9,12H,4,15H2,1-3H3;1H/t12-;/m1./s1. The molecule has 0 radical (unpaired) electrons. The first-order valence-electron chi connectivity index (χ1n) is 6.30. The number of aromatic nitrogens is 2. The number of rotatable bonds is 4. The van der Waals surface area contributed by atoms with Gasteiger partial charge in [-0.1, -0.05) is 50.2 Å². The van der Waals surface area contributed by atoms with Gasteiger partial charge in [0.2, 0.25) is 11.7 Å². The molecule has 19 heavy (non-hydrogen) atoms. The molecule has 0 aliphatic rings. The van der Waals surface area contributed by atoms with E-state index in [9.17, 15) is 0 Å². The predicted molar refractivity (Wildman–Crippen MR) is 78.1 cm³/mol. The van der Waals surface area contributed by atoms with Crippen molar-refractivity contribution in [2.24, 2.45) is 11.7 Å². The van der Waals surface area contributed by atoms with Crippen LogP contribution in [0.15, 0.2) is 28.8 Å². The van der Waals surface area contributed by atoms with Gasteiger partial charge in [0.15, 0.2) is 0 Å². The van der Waals surface area contributed by atoms with Crippen LogP contribution in [0.4, 0.5) is 0 Å². The molecule has 0 bridgehead atoms. The summed E-state index contributed by atoms with van der Waals surface area (Å²) in [7, 11) is 0. The van der Waals surface area contributed by atoms with Gasteiger partial charge < -0.3 is 10.3 Å². The van der Waals surface area contributed by atoms with Gasteiger partial charge in [0.1, 0.15) is 0 Å². The van der Waals surface area contributed by atoms with Crippen molar-refractivity contribution in [3.63, 3.8) is 0 Å². The molecule has 0 saturated carbocycles. The summed E-state index contributed by atoms with van der Waals surface area (Å²) >= 11 is 0. The maximum Gasteiger partial charge on any atom is 0.244 e. The summed E-state index contributed by atoms with van der Waals surface area (Å²) in [6.45, 7) is 6.19. The average Bonchev–Trinajstić information content (AvgIpc) is 2.87. The van der Waals surface area contributed by atoms with Crippen molar-refractivity contribution in [3.8, 4) is 11.4 Å². The van der Waals surface area contributed by atoms with Gasteiger partial charge in [-0.25, -0.2) is 0 Å². The van der Waals surface area contributed by atoms with E-state index in [-0.39, 0.29) is 24.4 Å². The summed E-state index contributed by atoms with van der Waals surface area (Å²) in [5, 5.41) is 3.98. The minimum absolute atomic E-state index is 0. The topological polar surface area (TPSA) is 64.9 Å². The number of hydrogen-bond donors (Lipinski definition) is 1. The third-order valence-electron chi connectivity index (χ3n) is 3.07. The van der Waals surface area contributed by atoms with Gasteiger partial charge in [0.05, 0.1) is 6.04 Å². The molecule has 0 unspecified atom stereocenters. The van der Waals surface area contributed by atoms with Crippen molar-refractivity contribution < 1.29 is 4.52 Å². The van der Waals surface area contributed by atoms with Gasteiger partial charge in [-0.15, -0.1) is 12.4 Å². The first kappa shape index (κ1) is 15.7. The number of benzene rings is 1. The van der Waals surface area contributed by atoms with E-state index in [1.165, 1.54) is 5.56 Å². The average molecular weight is 282 g/mol. The molecule has 2 aromatic rings. The van der Waals surface area contributed by atoms with Crippen LogP contribution in [0.2, 0.25) is 0 Å². The van der Waals surface area contributed by atoms with Crippen LogP contribution < -0.4 is 5.73 Å². The molecule has 2 N–H and O–H groups in total. The lowest BCUT2D eigenvalue weighted by atomic mass is 10.1. The maximum atomic E-state index is 5.98. The molecule has 4 nitrogen and oxygen atoms in total. The second kappa shape index (κ2) is 6.68. The van der Waals surface area contributed by atoms with E-state index in [4.69, 9.17) is 10.3 Å². The van der Waals surface area contributed by atoms with Crippen LogP contribution in [0.3, 0.4) is 0 Å². The first-order chi connectivity index (χ1) is 8.61. The third kappa shape index (κ3) is 3.55. The Morgan fingerprint density at radius 2 is 1.84 bits per heavy atom. The number of hydrogen-bond acceptors (Lipinski definition) is 4. The molecule has 0 aliphatic heterocycles. The molecule has 1 heterocycles. The Morgan fingerprint density at radius 3 is 2.37 bits per heavy atom. The fourth-order valence-electron chi connectivity index (χ4n) is 1.66. The van der Waals surface area contributed by atoms with Gasteiger partial charge in [0, 0.05) is 5.56 Å². The van der Waals surface area contributed by atoms with E-state index in [2.05, 4.69) is 29.2 Å². The lowest BCUT2D eigenvalue weighted by molar-refractivity contribution is 0.325. The van der Waals surface area contributed by atoms with Crippen molar-refractivity contribution in [1.82, 2.24) is 10.1 Å². The highest BCUT2D eigenvalue weighted by atomic mass is 35.5. The molecular formula is C14H20ClN3O. The minimum atomic E-state index is -0.207. The van der Waals surface area contributed by atoms with Gasteiger partial charge in [-0.2, -0.15) is 4.98 Å². The van der Waals surface area contributed by atoms with E-state index in [0.29, 0.717) is 11.7 Å². The van der Waals surface area contributed by atoms with Crippen molar-refractivity contribution in [1.29, 1.82) is 0 Å². The second-order valence-corrected chi connectivity index (χ2v) is 4.78. The second-order valence-electron chi connectivity index (χ2n) is 4.78. The molecule has 0 spiro atoms. The minimum Gasteiger partial charge on any atom is -0.337 e. The summed E-state index contributed by atoms with van der Waals surface area (Å²) in [4.78, 5) is 4.35. The van der Waals surface area contributed by atoms with Crippen LogP contribution in [-0.2, 0) is 6.42 Å². The van der Waals surface area contributed by atoms with Crippen molar-refractivity contribution in [2.45, 2.75) is 33.2 Å². The zero-order chi connectivity index (χ0) is 13.1. The Balaban J connectivity index is 0.00000180. The molecule has 0 amide bonds. The van der Waals surface area contributed by atoms with E-state index >= 15 is 0 Å². The number of aryl methyl sites for hydroxylation is 1. The van der Waals surface area contributed by atoms with Crippen LogP contribution in [0.1, 0.15) is 38.3 Å². The van der Waals surface area contributed by atoms with E-state index < -0.39 is 0 Å². The molecule has 0 saturated heterocycles. The van der Waals surface area contributed by atoms with Crippen molar-refractivity contribution in [2.75, 3.05) is 0 Å². The smallest absolute Gasteiger partial charge is 0.244 e. The molecule has 104 valence electrons. The normalized spacial score (nSPS) is 12.3. The fraction of sp³-hybridized carbons (Fsp3) is 0.429. The highest BCUT2D eigenvalue weighted by molar-refractivity contribution is 5.85. The largest absolute Gasteiger partial charge is 0.337 e. The third-order valence-corrected chi connectivity index (χ3v) is 3.07. The summed E-state index contributed by atoms with van der Waals surface area (Å²) in [6.07, 6.45) is 1.02. The number of nitrogens with two attached hydrogens (primary N) is 1. The molecule has 2 rings (SSSR count). The Kier molecular flexibility index (Phi) is 5.51. The molecule has 1 aromatic heterocycles. The highest BCUT2D eigenvalue weighted by Crippen LogP contribution is 2.21. The zero-order valence-corrected chi connectivity index (χ0v) is 12.3. The molecule has 1 atom stereocenters. The molecule has 1 aromatic carbocycles. The fourth-order valence-corrected chi connectivity index (χ4v) is 1.66. The highest BCUT2D eigenvalue weighted by Gasteiger charge is 2.18. The van der Waals surface area contributed by atoms with Gasteiger partial charge in [-0.3, -0.25) is 0 Å². The van der Waals surface area contributed by atoms with Gasteiger partial charge in [0.25, 0.3) is 0 Å². The molecule has 0 aliphatic carbocycles. The van der Waals surface area contributed by atoms with Crippen LogP contribution >= 0.6 is 12.4 Å². The SMILES string of the molecule is CCc1ccc(-c2noc([C@H](N)C(C)C)n2)cc1.Cl. The Hall–Kier alpha value is -1.39. The van der Waals surface area contributed by atoms with E-state index in [1.807, 2.05) is 26.0 Å².